The maximum atomic E-state index is 12.3. The van der Waals surface area contributed by atoms with Crippen molar-refractivity contribution in [2.75, 3.05) is 13.1 Å². The van der Waals surface area contributed by atoms with Gasteiger partial charge in [-0.3, -0.25) is 4.79 Å². The molecule has 0 aromatic heterocycles. The molecule has 1 aliphatic rings. The molecule has 1 unspecified atom stereocenters. The minimum atomic E-state index is -0.755. The molecule has 1 aromatic carbocycles. The van der Waals surface area contributed by atoms with Crippen molar-refractivity contribution in [3.63, 3.8) is 0 Å². The minimum absolute atomic E-state index is 0.0828. The summed E-state index contributed by atoms with van der Waals surface area (Å²) >= 11 is 18.2. The highest BCUT2D eigenvalue weighted by Gasteiger charge is 2.26. The van der Waals surface area contributed by atoms with Crippen molar-refractivity contribution in [1.29, 1.82) is 0 Å². The van der Waals surface area contributed by atoms with E-state index in [2.05, 4.69) is 0 Å². The van der Waals surface area contributed by atoms with Crippen LogP contribution in [0.3, 0.4) is 0 Å². The largest absolute Gasteiger partial charge is 0.341 e. The lowest BCUT2D eigenvalue weighted by Gasteiger charge is -2.28. The van der Waals surface area contributed by atoms with Crippen LogP contribution >= 0.6 is 34.8 Å². The van der Waals surface area contributed by atoms with E-state index in [0.29, 0.717) is 15.6 Å². The lowest BCUT2D eigenvalue weighted by atomic mass is 10.1. The number of rotatable bonds is 2. The molecule has 1 amide bonds. The number of alkyl halides is 1. The van der Waals surface area contributed by atoms with E-state index >= 15 is 0 Å². The van der Waals surface area contributed by atoms with Gasteiger partial charge >= 0.3 is 0 Å². The van der Waals surface area contributed by atoms with E-state index < -0.39 is 5.38 Å². The maximum Gasteiger partial charge on any atom is 0.245 e. The van der Waals surface area contributed by atoms with Crippen LogP contribution < -0.4 is 0 Å². The molecule has 2 nitrogen and oxygen atoms in total. The molecule has 0 bridgehead atoms. The zero-order chi connectivity index (χ0) is 13.1. The molecular weight excluding hydrogens is 293 g/mol. The summed E-state index contributed by atoms with van der Waals surface area (Å²) in [5.41, 5.74) is 0.585. The molecule has 0 N–H and O–H groups in total. The first kappa shape index (κ1) is 14.0. The van der Waals surface area contributed by atoms with E-state index in [0.717, 1.165) is 25.9 Å². The normalized spacial score (nSPS) is 17.6. The van der Waals surface area contributed by atoms with Gasteiger partial charge in [-0.05, 0) is 43.0 Å². The fourth-order valence-corrected chi connectivity index (χ4v) is 2.90. The molecule has 0 radical (unpaired) electrons. The smallest absolute Gasteiger partial charge is 0.245 e. The Labute approximate surface area is 122 Å². The molecule has 2 rings (SSSR count). The Morgan fingerprint density at radius 1 is 1.17 bits per heavy atom. The third-order valence-electron chi connectivity index (χ3n) is 3.12. The topological polar surface area (TPSA) is 20.3 Å². The van der Waals surface area contributed by atoms with Gasteiger partial charge in [0.1, 0.15) is 5.38 Å². The van der Waals surface area contributed by atoms with E-state index in [1.165, 1.54) is 6.42 Å². The van der Waals surface area contributed by atoms with Crippen molar-refractivity contribution in [3.05, 3.63) is 33.8 Å². The van der Waals surface area contributed by atoms with Crippen LogP contribution in [0, 0.1) is 0 Å². The second kappa shape index (κ2) is 6.14. The van der Waals surface area contributed by atoms with Crippen molar-refractivity contribution in [3.8, 4) is 0 Å². The Kier molecular flexibility index (Phi) is 4.77. The zero-order valence-electron chi connectivity index (χ0n) is 9.83. The van der Waals surface area contributed by atoms with Crippen molar-refractivity contribution < 1.29 is 4.79 Å². The van der Waals surface area contributed by atoms with Crippen LogP contribution in [-0.2, 0) is 4.79 Å². The van der Waals surface area contributed by atoms with Gasteiger partial charge in [0.25, 0.3) is 0 Å². The Hall–Kier alpha value is -0.440. The Bertz CT molecular complexity index is 444. The van der Waals surface area contributed by atoms with Crippen LogP contribution in [-0.4, -0.2) is 23.9 Å². The van der Waals surface area contributed by atoms with E-state index in [4.69, 9.17) is 34.8 Å². The summed E-state index contributed by atoms with van der Waals surface area (Å²) in [6, 6.07) is 5.00. The molecule has 18 heavy (non-hydrogen) atoms. The number of nitrogens with zero attached hydrogens (tertiary/aromatic N) is 1. The van der Waals surface area contributed by atoms with Gasteiger partial charge in [-0.25, -0.2) is 0 Å². The molecule has 98 valence electrons. The van der Waals surface area contributed by atoms with E-state index in [1.54, 1.807) is 23.1 Å². The first-order valence-corrected chi connectivity index (χ1v) is 7.16. The lowest BCUT2D eigenvalue weighted by Crippen LogP contribution is -2.37. The Balaban J connectivity index is 2.16. The maximum absolute atomic E-state index is 12.3. The quantitative estimate of drug-likeness (QED) is 0.747. The lowest BCUT2D eigenvalue weighted by molar-refractivity contribution is -0.131. The number of likely N-dealkylation sites (tertiary alicyclic amines) is 1. The van der Waals surface area contributed by atoms with Crippen molar-refractivity contribution in [2.24, 2.45) is 0 Å². The van der Waals surface area contributed by atoms with Gasteiger partial charge in [0.2, 0.25) is 5.91 Å². The molecule has 1 fully saturated rings. The molecule has 1 aromatic rings. The molecule has 5 heteroatoms. The fraction of sp³-hybridized carbons (Fsp3) is 0.462. The molecular formula is C13H14Cl3NO. The van der Waals surface area contributed by atoms with Gasteiger partial charge in [0, 0.05) is 23.1 Å². The monoisotopic (exact) mass is 305 g/mol. The molecule has 1 atom stereocenters. The summed E-state index contributed by atoms with van der Waals surface area (Å²) in [5, 5.41) is 0.255. The van der Waals surface area contributed by atoms with E-state index in [1.807, 2.05) is 0 Å². The minimum Gasteiger partial charge on any atom is -0.341 e. The Morgan fingerprint density at radius 3 is 2.50 bits per heavy atom. The van der Waals surface area contributed by atoms with Gasteiger partial charge in [-0.1, -0.05) is 23.2 Å². The van der Waals surface area contributed by atoms with Crippen LogP contribution in [0.1, 0.15) is 30.2 Å². The predicted molar refractivity (Wildman–Crippen MR) is 75.5 cm³/mol. The summed E-state index contributed by atoms with van der Waals surface area (Å²) in [6.07, 6.45) is 3.26. The third-order valence-corrected chi connectivity index (χ3v) is 4.12. The summed E-state index contributed by atoms with van der Waals surface area (Å²) in [6.45, 7) is 1.56. The van der Waals surface area contributed by atoms with E-state index in [-0.39, 0.29) is 5.91 Å². The number of halogens is 3. The molecule has 1 heterocycles. The number of carbonyl (C=O) groups is 1. The van der Waals surface area contributed by atoms with Crippen LogP contribution in [0.25, 0.3) is 0 Å². The number of carbonyl (C=O) groups excluding carboxylic acids is 1. The second-order valence-corrected chi connectivity index (χ2v) is 5.69. The standard InChI is InChI=1S/C13H14Cl3NO/c14-9-4-5-11(15)10(8-9)12(16)13(18)17-6-2-1-3-7-17/h4-5,8,12H,1-3,6-7H2. The molecule has 1 saturated heterocycles. The molecule has 0 aliphatic carbocycles. The number of piperidine rings is 1. The summed E-state index contributed by atoms with van der Waals surface area (Å²) < 4.78 is 0. The van der Waals surface area contributed by atoms with Gasteiger partial charge in [-0.2, -0.15) is 0 Å². The van der Waals surface area contributed by atoms with Crippen molar-refractivity contribution in [1.82, 2.24) is 4.90 Å². The third kappa shape index (κ3) is 3.11. The van der Waals surface area contributed by atoms with Gasteiger partial charge in [0.05, 0.1) is 0 Å². The number of amides is 1. The zero-order valence-corrected chi connectivity index (χ0v) is 12.1. The van der Waals surface area contributed by atoms with E-state index in [9.17, 15) is 4.79 Å². The molecule has 0 spiro atoms. The highest BCUT2D eigenvalue weighted by atomic mass is 35.5. The van der Waals surface area contributed by atoms with Crippen LogP contribution in [0.5, 0.6) is 0 Å². The number of hydrogen-bond donors (Lipinski definition) is 0. The summed E-state index contributed by atoms with van der Waals surface area (Å²) in [7, 11) is 0. The van der Waals surface area contributed by atoms with Crippen LogP contribution in [0.4, 0.5) is 0 Å². The fourth-order valence-electron chi connectivity index (χ4n) is 2.12. The number of benzene rings is 1. The second-order valence-electron chi connectivity index (χ2n) is 4.41. The van der Waals surface area contributed by atoms with Gasteiger partial charge < -0.3 is 4.90 Å². The summed E-state index contributed by atoms with van der Waals surface area (Å²) in [4.78, 5) is 14.1. The first-order valence-electron chi connectivity index (χ1n) is 5.97. The SMILES string of the molecule is O=C(C(Cl)c1cc(Cl)ccc1Cl)N1CCCCC1. The van der Waals surface area contributed by atoms with Crippen molar-refractivity contribution >= 4 is 40.7 Å². The average molecular weight is 307 g/mol. The highest BCUT2D eigenvalue weighted by Crippen LogP contribution is 2.32. The first-order chi connectivity index (χ1) is 8.59. The summed E-state index contributed by atoms with van der Waals surface area (Å²) in [5.74, 6) is -0.0828. The predicted octanol–water partition coefficient (Wildman–Crippen LogP) is 4.29. The Morgan fingerprint density at radius 2 is 1.83 bits per heavy atom. The van der Waals surface area contributed by atoms with Crippen LogP contribution in [0.2, 0.25) is 10.0 Å². The van der Waals surface area contributed by atoms with Gasteiger partial charge in [0.15, 0.2) is 0 Å². The molecule has 0 saturated carbocycles. The van der Waals surface area contributed by atoms with Crippen LogP contribution in [0.15, 0.2) is 18.2 Å². The average Bonchev–Trinajstić information content (AvgIpc) is 2.41. The molecule has 1 aliphatic heterocycles. The number of hydrogen-bond acceptors (Lipinski definition) is 1. The van der Waals surface area contributed by atoms with Crippen molar-refractivity contribution in [2.45, 2.75) is 24.6 Å². The van der Waals surface area contributed by atoms with Gasteiger partial charge in [-0.15, -0.1) is 11.6 Å². The highest BCUT2D eigenvalue weighted by molar-refractivity contribution is 6.37.